The molecule has 0 bridgehead atoms. The molecule has 0 saturated carbocycles. The highest BCUT2D eigenvalue weighted by atomic mass is 19.4. The number of hydrogen-bond donors (Lipinski definition) is 1. The molecule has 2 heterocycles. The number of benzene rings is 2. The molecule has 196 valence electrons. The normalized spacial score (nSPS) is 13.7. The van der Waals surface area contributed by atoms with Crippen molar-refractivity contribution >= 4 is 17.5 Å². The van der Waals surface area contributed by atoms with Gasteiger partial charge in [0.2, 0.25) is 0 Å². The van der Waals surface area contributed by atoms with E-state index < -0.39 is 17.6 Å². The lowest BCUT2D eigenvalue weighted by Gasteiger charge is -2.27. The SMILES string of the molecule is CCN(CC)Cc1ccc(CCN2CCn3nc(C(=O)Nc4cccc(C(F)(F)F)c4)cc3C2=O)cc1. The maximum absolute atomic E-state index is 13.0. The van der Waals surface area contributed by atoms with Gasteiger partial charge in [-0.3, -0.25) is 19.2 Å². The highest BCUT2D eigenvalue weighted by Crippen LogP contribution is 2.30. The average molecular weight is 514 g/mol. The van der Waals surface area contributed by atoms with Crippen LogP contribution in [-0.4, -0.2) is 57.6 Å². The van der Waals surface area contributed by atoms with Crippen molar-refractivity contribution in [2.45, 2.75) is 39.5 Å². The molecule has 1 aliphatic heterocycles. The first kappa shape index (κ1) is 26.4. The van der Waals surface area contributed by atoms with Gasteiger partial charge in [0.05, 0.1) is 12.1 Å². The lowest BCUT2D eigenvalue weighted by Crippen LogP contribution is -2.41. The van der Waals surface area contributed by atoms with Gasteiger partial charge in [-0.15, -0.1) is 0 Å². The third-order valence-electron chi connectivity index (χ3n) is 6.54. The molecule has 7 nitrogen and oxygen atoms in total. The Morgan fingerprint density at radius 2 is 1.73 bits per heavy atom. The van der Waals surface area contributed by atoms with Crippen molar-refractivity contribution in [1.82, 2.24) is 19.6 Å². The summed E-state index contributed by atoms with van der Waals surface area (Å²) >= 11 is 0. The number of alkyl halides is 3. The predicted molar refractivity (Wildman–Crippen MR) is 134 cm³/mol. The van der Waals surface area contributed by atoms with Crippen molar-refractivity contribution in [2.24, 2.45) is 0 Å². The van der Waals surface area contributed by atoms with E-state index in [4.69, 9.17) is 0 Å². The van der Waals surface area contributed by atoms with Crippen LogP contribution >= 0.6 is 0 Å². The molecule has 0 fully saturated rings. The molecular weight excluding hydrogens is 483 g/mol. The van der Waals surface area contributed by atoms with Crippen molar-refractivity contribution < 1.29 is 22.8 Å². The Hall–Kier alpha value is -3.66. The van der Waals surface area contributed by atoms with E-state index in [-0.39, 0.29) is 23.0 Å². The Balaban J connectivity index is 1.36. The number of carbonyl (C=O) groups is 2. The fourth-order valence-electron chi connectivity index (χ4n) is 4.31. The number of fused-ring (bicyclic) bond motifs is 1. The van der Waals surface area contributed by atoms with Crippen molar-refractivity contribution in [3.8, 4) is 0 Å². The quantitative estimate of drug-likeness (QED) is 0.451. The Morgan fingerprint density at radius 1 is 1.03 bits per heavy atom. The minimum atomic E-state index is -4.52. The highest BCUT2D eigenvalue weighted by molar-refractivity contribution is 6.04. The Bertz CT molecular complexity index is 1250. The van der Waals surface area contributed by atoms with Crippen LogP contribution in [0.1, 0.15) is 51.5 Å². The van der Waals surface area contributed by atoms with Gasteiger partial charge in [-0.1, -0.05) is 44.2 Å². The summed E-state index contributed by atoms with van der Waals surface area (Å²) in [5.74, 6) is -0.902. The Kier molecular flexibility index (Phi) is 7.97. The van der Waals surface area contributed by atoms with Crippen LogP contribution < -0.4 is 5.32 Å². The van der Waals surface area contributed by atoms with Crippen LogP contribution in [-0.2, 0) is 25.7 Å². The van der Waals surface area contributed by atoms with Crippen molar-refractivity contribution in [3.63, 3.8) is 0 Å². The van der Waals surface area contributed by atoms with Gasteiger partial charge in [0, 0.05) is 31.4 Å². The van der Waals surface area contributed by atoms with Crippen LogP contribution in [0.25, 0.3) is 0 Å². The second-order valence-electron chi connectivity index (χ2n) is 8.99. The molecule has 37 heavy (non-hydrogen) atoms. The number of amides is 2. The lowest BCUT2D eigenvalue weighted by atomic mass is 10.1. The minimum absolute atomic E-state index is 0.00173. The fourth-order valence-corrected chi connectivity index (χ4v) is 4.31. The van der Waals surface area contributed by atoms with E-state index >= 15 is 0 Å². The second-order valence-corrected chi connectivity index (χ2v) is 8.99. The van der Waals surface area contributed by atoms with Gasteiger partial charge in [-0.2, -0.15) is 18.3 Å². The number of nitrogens with one attached hydrogen (secondary N) is 1. The van der Waals surface area contributed by atoms with Gasteiger partial charge < -0.3 is 10.2 Å². The predicted octanol–water partition coefficient (Wildman–Crippen LogP) is 4.69. The first-order chi connectivity index (χ1) is 17.7. The van der Waals surface area contributed by atoms with E-state index in [2.05, 4.69) is 53.4 Å². The Morgan fingerprint density at radius 3 is 2.41 bits per heavy atom. The first-order valence-corrected chi connectivity index (χ1v) is 12.3. The number of rotatable bonds is 9. The molecule has 0 aliphatic carbocycles. The van der Waals surface area contributed by atoms with Gasteiger partial charge in [-0.05, 0) is 48.8 Å². The van der Waals surface area contributed by atoms with Crippen LogP contribution in [0.3, 0.4) is 0 Å². The van der Waals surface area contributed by atoms with Crippen molar-refractivity contribution in [1.29, 1.82) is 0 Å². The van der Waals surface area contributed by atoms with Gasteiger partial charge in [0.25, 0.3) is 11.8 Å². The van der Waals surface area contributed by atoms with Crippen LogP contribution in [0.4, 0.5) is 18.9 Å². The van der Waals surface area contributed by atoms with E-state index in [1.165, 1.54) is 28.4 Å². The third kappa shape index (κ3) is 6.37. The minimum Gasteiger partial charge on any atom is -0.335 e. The topological polar surface area (TPSA) is 70.5 Å². The van der Waals surface area contributed by atoms with Crippen molar-refractivity contribution in [2.75, 3.05) is 31.5 Å². The molecule has 10 heteroatoms. The molecule has 0 radical (unpaired) electrons. The standard InChI is InChI=1S/C27H30F3N5O2/c1-3-33(4-2)18-20-10-8-19(9-11-20)12-13-34-14-15-35-24(26(34)37)17-23(32-35)25(36)31-22-7-5-6-21(16-22)27(28,29)30/h5-11,16-17H,3-4,12-15,18H2,1-2H3,(H,31,36). The molecule has 0 atom stereocenters. The number of hydrogen-bond acceptors (Lipinski definition) is 4. The van der Waals surface area contributed by atoms with Crippen LogP contribution in [0.5, 0.6) is 0 Å². The smallest absolute Gasteiger partial charge is 0.335 e. The summed E-state index contributed by atoms with van der Waals surface area (Å²) in [5.41, 5.74) is 1.79. The summed E-state index contributed by atoms with van der Waals surface area (Å²) in [6.07, 6.45) is -3.81. The summed E-state index contributed by atoms with van der Waals surface area (Å²) in [7, 11) is 0. The lowest BCUT2D eigenvalue weighted by molar-refractivity contribution is -0.137. The van der Waals surface area contributed by atoms with E-state index in [0.717, 1.165) is 37.3 Å². The molecular formula is C27H30F3N5O2. The zero-order valence-electron chi connectivity index (χ0n) is 20.9. The van der Waals surface area contributed by atoms with Gasteiger partial charge in [-0.25, -0.2) is 0 Å². The summed E-state index contributed by atoms with van der Waals surface area (Å²) in [6.45, 7) is 8.62. The van der Waals surface area contributed by atoms with Crippen LogP contribution in [0.15, 0.2) is 54.6 Å². The third-order valence-corrected chi connectivity index (χ3v) is 6.54. The molecule has 3 aromatic rings. The largest absolute Gasteiger partial charge is 0.416 e. The summed E-state index contributed by atoms with van der Waals surface area (Å²) in [6, 6.07) is 14.2. The molecule has 0 unspecified atom stereocenters. The number of halogens is 3. The van der Waals surface area contributed by atoms with Gasteiger partial charge >= 0.3 is 6.18 Å². The van der Waals surface area contributed by atoms with E-state index in [1.807, 2.05) is 0 Å². The average Bonchev–Trinajstić information content (AvgIpc) is 3.33. The van der Waals surface area contributed by atoms with Crippen molar-refractivity contribution in [3.05, 3.63) is 82.7 Å². The fraction of sp³-hybridized carbons (Fsp3) is 0.370. The zero-order valence-corrected chi connectivity index (χ0v) is 20.9. The second kappa shape index (κ2) is 11.2. The van der Waals surface area contributed by atoms with Crippen LogP contribution in [0, 0.1) is 0 Å². The summed E-state index contributed by atoms with van der Waals surface area (Å²) in [5, 5.41) is 6.63. The maximum Gasteiger partial charge on any atom is 0.416 e. The molecule has 2 amide bonds. The summed E-state index contributed by atoms with van der Waals surface area (Å²) < 4.78 is 40.3. The van der Waals surface area contributed by atoms with Gasteiger partial charge in [0.1, 0.15) is 5.69 Å². The number of anilines is 1. The first-order valence-electron chi connectivity index (χ1n) is 12.3. The molecule has 0 saturated heterocycles. The maximum atomic E-state index is 13.0. The summed E-state index contributed by atoms with van der Waals surface area (Å²) in [4.78, 5) is 29.7. The van der Waals surface area contributed by atoms with E-state index in [9.17, 15) is 22.8 Å². The molecule has 1 aliphatic rings. The molecule has 1 aromatic heterocycles. The number of carbonyl (C=O) groups excluding carboxylic acids is 2. The monoisotopic (exact) mass is 513 g/mol. The Labute approximate surface area is 213 Å². The van der Waals surface area contributed by atoms with E-state index in [0.29, 0.717) is 26.1 Å². The highest BCUT2D eigenvalue weighted by Gasteiger charge is 2.31. The van der Waals surface area contributed by atoms with E-state index in [1.54, 1.807) is 4.90 Å². The molecule has 1 N–H and O–H groups in total. The van der Waals surface area contributed by atoms with Crippen LogP contribution in [0.2, 0.25) is 0 Å². The number of nitrogens with zero attached hydrogens (tertiary/aromatic N) is 4. The van der Waals surface area contributed by atoms with Gasteiger partial charge in [0.15, 0.2) is 5.69 Å². The molecule has 4 rings (SSSR count). The molecule has 2 aromatic carbocycles. The zero-order chi connectivity index (χ0) is 26.6. The number of aromatic nitrogens is 2. The molecule has 0 spiro atoms.